The summed E-state index contributed by atoms with van der Waals surface area (Å²) in [5.41, 5.74) is 1.01. The summed E-state index contributed by atoms with van der Waals surface area (Å²) in [5, 5.41) is 17.6. The molecule has 0 aliphatic carbocycles. The van der Waals surface area contributed by atoms with Crippen molar-refractivity contribution in [2.24, 2.45) is 4.99 Å². The third-order valence-electron chi connectivity index (χ3n) is 4.98. The molecule has 3 atom stereocenters. The number of hydrogen-bond donors (Lipinski definition) is 2. The molecule has 2 N–H and O–H groups in total. The third kappa shape index (κ3) is 5.90. The van der Waals surface area contributed by atoms with Gasteiger partial charge < -0.3 is 20.1 Å². The fourth-order valence-corrected chi connectivity index (χ4v) is 3.37. The molecule has 2 saturated heterocycles. The number of nitro benzene ring substituents is 1. The first-order valence-electron chi connectivity index (χ1n) is 9.63. The van der Waals surface area contributed by atoms with Gasteiger partial charge in [0.25, 0.3) is 5.69 Å². The summed E-state index contributed by atoms with van der Waals surface area (Å²) in [4.78, 5) is 15.0. The molecule has 8 heteroatoms. The Kier molecular flexibility index (Phi) is 7.00. The Morgan fingerprint density at radius 2 is 2.00 bits per heavy atom. The number of benzene rings is 1. The topological polar surface area (TPSA) is 98.0 Å². The molecule has 2 fully saturated rings. The van der Waals surface area contributed by atoms with Crippen molar-refractivity contribution in [1.29, 1.82) is 0 Å². The van der Waals surface area contributed by atoms with Gasteiger partial charge in [0.1, 0.15) is 0 Å². The van der Waals surface area contributed by atoms with Gasteiger partial charge in [-0.3, -0.25) is 10.1 Å². The summed E-state index contributed by atoms with van der Waals surface area (Å²) in [6, 6.07) is 6.64. The first kappa shape index (κ1) is 19.6. The van der Waals surface area contributed by atoms with Gasteiger partial charge in [-0.15, -0.1) is 0 Å². The van der Waals surface area contributed by atoms with Crippen LogP contribution in [0.15, 0.2) is 29.3 Å². The van der Waals surface area contributed by atoms with Gasteiger partial charge in [-0.2, -0.15) is 0 Å². The lowest BCUT2D eigenvalue weighted by molar-refractivity contribution is -0.384. The Morgan fingerprint density at radius 1 is 1.26 bits per heavy atom. The Bertz CT molecular complexity index is 638. The minimum atomic E-state index is -0.396. The van der Waals surface area contributed by atoms with E-state index in [1.165, 1.54) is 12.1 Å². The molecule has 3 rings (SSSR count). The fourth-order valence-electron chi connectivity index (χ4n) is 3.37. The molecule has 148 valence electrons. The first-order chi connectivity index (χ1) is 13.1. The molecule has 3 unspecified atom stereocenters. The highest BCUT2D eigenvalue weighted by molar-refractivity contribution is 5.80. The minimum Gasteiger partial charge on any atom is -0.376 e. The monoisotopic (exact) mass is 376 g/mol. The van der Waals surface area contributed by atoms with Crippen LogP contribution in [0.25, 0.3) is 0 Å². The normalized spacial score (nSPS) is 24.0. The van der Waals surface area contributed by atoms with E-state index in [9.17, 15) is 10.1 Å². The maximum atomic E-state index is 10.8. The van der Waals surface area contributed by atoms with Crippen molar-refractivity contribution in [3.05, 3.63) is 39.9 Å². The maximum Gasteiger partial charge on any atom is 0.269 e. The molecule has 0 aromatic heterocycles. The number of non-ortho nitro benzene ring substituents is 1. The van der Waals surface area contributed by atoms with Crippen LogP contribution < -0.4 is 10.6 Å². The number of ether oxygens (including phenoxy) is 2. The molecule has 0 amide bonds. The maximum absolute atomic E-state index is 10.8. The van der Waals surface area contributed by atoms with Crippen LogP contribution in [0.1, 0.15) is 38.2 Å². The van der Waals surface area contributed by atoms with Crippen molar-refractivity contribution in [3.8, 4) is 0 Å². The van der Waals surface area contributed by atoms with Crippen LogP contribution in [0.3, 0.4) is 0 Å². The lowest BCUT2D eigenvalue weighted by atomic mass is 10.1. The van der Waals surface area contributed by atoms with E-state index in [0.29, 0.717) is 19.0 Å². The van der Waals surface area contributed by atoms with Crippen molar-refractivity contribution >= 4 is 11.6 Å². The number of nitrogens with zero attached hydrogens (tertiary/aromatic N) is 2. The lowest BCUT2D eigenvalue weighted by Gasteiger charge is -2.23. The Labute approximate surface area is 159 Å². The van der Waals surface area contributed by atoms with E-state index >= 15 is 0 Å². The summed E-state index contributed by atoms with van der Waals surface area (Å²) in [7, 11) is 0. The van der Waals surface area contributed by atoms with Crippen LogP contribution in [0, 0.1) is 10.1 Å². The second-order valence-corrected chi connectivity index (χ2v) is 7.09. The molecule has 0 spiro atoms. The third-order valence-corrected chi connectivity index (χ3v) is 4.98. The van der Waals surface area contributed by atoms with Gasteiger partial charge in [0.15, 0.2) is 5.96 Å². The van der Waals surface area contributed by atoms with E-state index < -0.39 is 4.92 Å². The summed E-state index contributed by atoms with van der Waals surface area (Å²) < 4.78 is 11.4. The predicted octanol–water partition coefficient (Wildman–Crippen LogP) is 2.38. The summed E-state index contributed by atoms with van der Waals surface area (Å²) in [6.07, 6.45) is 4.71. The second-order valence-electron chi connectivity index (χ2n) is 7.09. The van der Waals surface area contributed by atoms with Gasteiger partial charge in [-0.25, -0.2) is 4.99 Å². The highest BCUT2D eigenvalue weighted by Gasteiger charge is 2.23. The second kappa shape index (κ2) is 9.66. The zero-order valence-electron chi connectivity index (χ0n) is 15.7. The van der Waals surface area contributed by atoms with E-state index in [4.69, 9.17) is 9.47 Å². The smallest absolute Gasteiger partial charge is 0.269 e. The van der Waals surface area contributed by atoms with Gasteiger partial charge in [0, 0.05) is 31.9 Å². The zero-order chi connectivity index (χ0) is 19.1. The van der Waals surface area contributed by atoms with E-state index in [1.54, 1.807) is 12.1 Å². The number of hydrogen-bond acceptors (Lipinski definition) is 5. The lowest BCUT2D eigenvalue weighted by Crippen LogP contribution is -2.48. The number of nitro groups is 1. The van der Waals surface area contributed by atoms with Gasteiger partial charge in [-0.1, -0.05) is 12.1 Å². The Hall–Kier alpha value is -2.19. The average Bonchev–Trinajstić information content (AvgIpc) is 3.38. The molecular weight excluding hydrogens is 348 g/mol. The number of rotatable bonds is 7. The first-order valence-corrected chi connectivity index (χ1v) is 9.63. The molecule has 27 heavy (non-hydrogen) atoms. The molecule has 8 nitrogen and oxygen atoms in total. The number of aliphatic imine (C=N–C) groups is 1. The van der Waals surface area contributed by atoms with Crippen molar-refractivity contribution in [3.63, 3.8) is 0 Å². The highest BCUT2D eigenvalue weighted by Crippen LogP contribution is 2.16. The van der Waals surface area contributed by atoms with Gasteiger partial charge in [0.2, 0.25) is 0 Å². The van der Waals surface area contributed by atoms with Crippen molar-refractivity contribution in [1.82, 2.24) is 10.6 Å². The summed E-state index contributed by atoms with van der Waals surface area (Å²) >= 11 is 0. The molecule has 0 radical (unpaired) electrons. The summed E-state index contributed by atoms with van der Waals surface area (Å²) in [6.45, 7) is 4.89. The van der Waals surface area contributed by atoms with Crippen LogP contribution in [0.4, 0.5) is 5.69 Å². The standard InChI is InChI=1S/C19H28N4O4/c1-14(18-5-3-11-27-18)22-19(21-13-17-4-2-10-26-17)20-12-15-6-8-16(9-7-15)23(24)25/h6-9,14,17-18H,2-5,10-13H2,1H3,(H2,20,21,22). The number of nitrogens with one attached hydrogen (secondary N) is 2. The highest BCUT2D eigenvalue weighted by atomic mass is 16.6. The van der Waals surface area contributed by atoms with E-state index in [0.717, 1.165) is 44.5 Å². The molecule has 2 heterocycles. The molecular formula is C19H28N4O4. The zero-order valence-corrected chi connectivity index (χ0v) is 15.7. The van der Waals surface area contributed by atoms with Crippen molar-refractivity contribution in [2.75, 3.05) is 19.8 Å². The van der Waals surface area contributed by atoms with Crippen LogP contribution in [-0.2, 0) is 16.0 Å². The number of guanidine groups is 1. The summed E-state index contributed by atoms with van der Waals surface area (Å²) in [5.74, 6) is 0.715. The van der Waals surface area contributed by atoms with E-state index in [1.807, 2.05) is 0 Å². The quantitative estimate of drug-likeness (QED) is 0.328. The van der Waals surface area contributed by atoms with Gasteiger partial charge >= 0.3 is 0 Å². The SMILES string of the molecule is CC(NC(=NCc1ccc([N+](=O)[O-])cc1)NCC1CCCO1)C1CCCO1. The molecule has 1 aromatic rings. The molecule has 2 aliphatic rings. The van der Waals surface area contributed by atoms with E-state index in [2.05, 4.69) is 22.5 Å². The molecule has 2 aliphatic heterocycles. The average molecular weight is 376 g/mol. The molecule has 0 bridgehead atoms. The Morgan fingerprint density at radius 3 is 2.63 bits per heavy atom. The van der Waals surface area contributed by atoms with Crippen molar-refractivity contribution < 1.29 is 14.4 Å². The van der Waals surface area contributed by atoms with Crippen molar-refractivity contribution in [2.45, 2.75) is 57.4 Å². The van der Waals surface area contributed by atoms with E-state index in [-0.39, 0.29) is 23.9 Å². The fraction of sp³-hybridized carbons (Fsp3) is 0.632. The predicted molar refractivity (Wildman–Crippen MR) is 103 cm³/mol. The Balaban J connectivity index is 1.61. The van der Waals surface area contributed by atoms with Crippen LogP contribution in [0.5, 0.6) is 0 Å². The van der Waals surface area contributed by atoms with Crippen LogP contribution >= 0.6 is 0 Å². The van der Waals surface area contributed by atoms with Crippen LogP contribution in [-0.4, -0.2) is 48.9 Å². The van der Waals surface area contributed by atoms with Gasteiger partial charge in [0.05, 0.1) is 29.7 Å². The van der Waals surface area contributed by atoms with Gasteiger partial charge in [-0.05, 0) is 38.2 Å². The van der Waals surface area contributed by atoms with Crippen LogP contribution in [0.2, 0.25) is 0 Å². The minimum absolute atomic E-state index is 0.0876. The molecule has 0 saturated carbocycles. The largest absolute Gasteiger partial charge is 0.376 e. The molecule has 1 aromatic carbocycles.